The van der Waals surface area contributed by atoms with Gasteiger partial charge in [-0.3, -0.25) is 14.5 Å². The van der Waals surface area contributed by atoms with Crippen molar-refractivity contribution in [2.24, 2.45) is 5.41 Å². The molecule has 0 radical (unpaired) electrons. The summed E-state index contributed by atoms with van der Waals surface area (Å²) in [5.41, 5.74) is 13.3. The summed E-state index contributed by atoms with van der Waals surface area (Å²) in [4.78, 5) is 23.5. The number of imidazole rings is 1. The third-order valence-electron chi connectivity index (χ3n) is 8.32. The van der Waals surface area contributed by atoms with Crippen molar-refractivity contribution in [3.05, 3.63) is 84.8 Å². The van der Waals surface area contributed by atoms with Gasteiger partial charge in [0.05, 0.1) is 16.8 Å². The summed E-state index contributed by atoms with van der Waals surface area (Å²) < 4.78 is 2.13. The zero-order valence-electron chi connectivity index (χ0n) is 22.2. The van der Waals surface area contributed by atoms with Gasteiger partial charge in [-0.1, -0.05) is 18.2 Å². The number of fused-ring (bicyclic) bond motifs is 1. The second-order valence-electron chi connectivity index (χ2n) is 11.1. The third-order valence-corrected chi connectivity index (χ3v) is 8.32. The van der Waals surface area contributed by atoms with Crippen LogP contribution in [0.25, 0.3) is 39.5 Å². The molecule has 2 aliphatic heterocycles. The van der Waals surface area contributed by atoms with Crippen molar-refractivity contribution >= 4 is 17.0 Å². The van der Waals surface area contributed by atoms with Crippen molar-refractivity contribution in [1.82, 2.24) is 34.3 Å². The summed E-state index contributed by atoms with van der Waals surface area (Å²) >= 11 is 0. The number of nitrogen functional groups attached to an aromatic ring is 1. The molecular weight excluding hydrogens is 484 g/mol. The van der Waals surface area contributed by atoms with Crippen molar-refractivity contribution in [3.8, 4) is 28.3 Å². The minimum atomic E-state index is 0.441. The van der Waals surface area contributed by atoms with E-state index in [1.165, 1.54) is 44.6 Å². The molecule has 2 aliphatic rings. The van der Waals surface area contributed by atoms with E-state index in [9.17, 15) is 0 Å². The summed E-state index contributed by atoms with van der Waals surface area (Å²) in [6, 6.07) is 20.6. The lowest BCUT2D eigenvalue weighted by Gasteiger charge is -2.54. The normalized spacial score (nSPS) is 17.5. The van der Waals surface area contributed by atoms with E-state index in [0.29, 0.717) is 16.9 Å². The van der Waals surface area contributed by atoms with Gasteiger partial charge in [0.2, 0.25) is 0 Å². The Labute approximate surface area is 228 Å². The van der Waals surface area contributed by atoms with Crippen molar-refractivity contribution in [3.63, 3.8) is 0 Å². The molecule has 7 rings (SSSR count). The monoisotopic (exact) mass is 516 g/mol. The molecule has 39 heavy (non-hydrogen) atoms. The molecule has 0 bridgehead atoms. The summed E-state index contributed by atoms with van der Waals surface area (Å²) in [6.45, 7) is 5.85. The molecule has 0 saturated carbocycles. The molecule has 1 spiro atoms. The Morgan fingerprint density at radius 1 is 0.897 bits per heavy atom. The predicted octanol–water partition coefficient (Wildman–Crippen LogP) is 4.65. The van der Waals surface area contributed by atoms with Crippen LogP contribution in [0.2, 0.25) is 0 Å². The second-order valence-corrected chi connectivity index (χ2v) is 11.1. The fraction of sp³-hybridized carbons (Fsp3) is 0.290. The molecule has 1 aromatic carbocycles. The number of likely N-dealkylation sites (tertiary alicyclic amines) is 2. The quantitative estimate of drug-likeness (QED) is 0.364. The highest BCUT2D eigenvalue weighted by atomic mass is 15.2. The lowest BCUT2D eigenvalue weighted by molar-refractivity contribution is -0.0470. The predicted molar refractivity (Wildman–Crippen MR) is 154 cm³/mol. The van der Waals surface area contributed by atoms with Gasteiger partial charge in [0.15, 0.2) is 11.5 Å². The van der Waals surface area contributed by atoms with Gasteiger partial charge >= 0.3 is 0 Å². The van der Waals surface area contributed by atoms with Crippen LogP contribution in [0.3, 0.4) is 0 Å². The first kappa shape index (κ1) is 23.9. The van der Waals surface area contributed by atoms with E-state index in [4.69, 9.17) is 15.7 Å². The van der Waals surface area contributed by atoms with Gasteiger partial charge in [0.25, 0.3) is 0 Å². The van der Waals surface area contributed by atoms with E-state index >= 15 is 0 Å². The molecule has 4 aromatic heterocycles. The van der Waals surface area contributed by atoms with Gasteiger partial charge in [-0.25, -0.2) is 15.0 Å². The van der Waals surface area contributed by atoms with Crippen LogP contribution in [0, 0.1) is 5.41 Å². The van der Waals surface area contributed by atoms with Crippen LogP contribution in [-0.2, 0) is 6.54 Å². The Kier molecular flexibility index (Phi) is 5.86. The molecular formula is C31H32N8. The lowest BCUT2D eigenvalue weighted by Crippen LogP contribution is -2.59. The van der Waals surface area contributed by atoms with E-state index in [-0.39, 0.29) is 0 Å². The Balaban J connectivity index is 1.22. The number of hydrogen-bond acceptors (Lipinski definition) is 7. The molecule has 196 valence electrons. The Morgan fingerprint density at radius 2 is 1.69 bits per heavy atom. The zero-order chi connectivity index (χ0) is 26.4. The fourth-order valence-electron chi connectivity index (χ4n) is 6.12. The summed E-state index contributed by atoms with van der Waals surface area (Å²) in [5, 5.41) is 0. The summed E-state index contributed by atoms with van der Waals surface area (Å²) in [6.07, 6.45) is 7.96. The summed E-state index contributed by atoms with van der Waals surface area (Å²) in [7, 11) is 2.23. The highest BCUT2D eigenvalue weighted by molar-refractivity contribution is 5.85. The van der Waals surface area contributed by atoms with E-state index in [1.807, 2.05) is 36.5 Å². The fourth-order valence-corrected chi connectivity index (χ4v) is 6.12. The first-order valence-corrected chi connectivity index (χ1v) is 13.6. The van der Waals surface area contributed by atoms with Gasteiger partial charge in [-0.05, 0) is 86.4 Å². The molecule has 8 heteroatoms. The topological polar surface area (TPSA) is 89.0 Å². The van der Waals surface area contributed by atoms with Crippen molar-refractivity contribution in [2.45, 2.75) is 19.4 Å². The van der Waals surface area contributed by atoms with Gasteiger partial charge in [-0.15, -0.1) is 0 Å². The van der Waals surface area contributed by atoms with Crippen LogP contribution in [0.1, 0.15) is 18.4 Å². The number of nitrogens with zero attached hydrogens (tertiary/aromatic N) is 7. The van der Waals surface area contributed by atoms with Crippen LogP contribution in [0.15, 0.2) is 79.3 Å². The first-order chi connectivity index (χ1) is 19.1. The minimum Gasteiger partial charge on any atom is -0.383 e. The maximum absolute atomic E-state index is 6.31. The van der Waals surface area contributed by atoms with Gasteiger partial charge in [0, 0.05) is 49.5 Å². The SMILES string of the molecule is CN1CCC2(CC1)CN(Cc1ccc(-n3c(-c4cccnc4N)nc4ncc(-c5ccccn5)cc43)cc1)C2. The maximum atomic E-state index is 6.31. The summed E-state index contributed by atoms with van der Waals surface area (Å²) in [5.74, 6) is 1.16. The average molecular weight is 517 g/mol. The molecule has 2 saturated heterocycles. The van der Waals surface area contributed by atoms with E-state index < -0.39 is 0 Å². The van der Waals surface area contributed by atoms with Crippen LogP contribution >= 0.6 is 0 Å². The number of benzene rings is 1. The molecule has 0 atom stereocenters. The number of piperidine rings is 1. The maximum Gasteiger partial charge on any atom is 0.178 e. The van der Waals surface area contributed by atoms with Crippen LogP contribution in [-0.4, -0.2) is 67.5 Å². The van der Waals surface area contributed by atoms with Gasteiger partial charge in [0.1, 0.15) is 5.82 Å². The molecule has 2 N–H and O–H groups in total. The number of anilines is 1. The van der Waals surface area contributed by atoms with Crippen LogP contribution in [0.5, 0.6) is 0 Å². The first-order valence-electron chi connectivity index (χ1n) is 13.6. The highest BCUT2D eigenvalue weighted by Gasteiger charge is 2.43. The number of hydrogen-bond donors (Lipinski definition) is 1. The molecule has 0 aliphatic carbocycles. The third kappa shape index (κ3) is 4.45. The standard InChI is InChI=1S/C31H32N8/c1-37-15-11-31(12-16-37)20-38(21-31)19-22-7-9-24(10-8-22)39-27-17-23(26-6-2-3-13-33-26)18-35-29(27)36-30(39)25-5-4-14-34-28(25)32/h2-10,13-14,17-18H,11-12,15-16,19-21H2,1H3,(H2,32,34). The Morgan fingerprint density at radius 3 is 2.44 bits per heavy atom. The number of nitrogens with two attached hydrogens (primary N) is 1. The van der Waals surface area contributed by atoms with E-state index in [1.54, 1.807) is 12.4 Å². The minimum absolute atomic E-state index is 0.441. The molecule has 2 fully saturated rings. The Bertz CT molecular complexity index is 1610. The van der Waals surface area contributed by atoms with E-state index in [0.717, 1.165) is 40.4 Å². The molecule has 8 nitrogen and oxygen atoms in total. The molecule has 0 amide bonds. The van der Waals surface area contributed by atoms with E-state index in [2.05, 4.69) is 61.7 Å². The van der Waals surface area contributed by atoms with Gasteiger partial charge < -0.3 is 10.6 Å². The van der Waals surface area contributed by atoms with Gasteiger partial charge in [-0.2, -0.15) is 0 Å². The molecule has 6 heterocycles. The Hall–Kier alpha value is -4.14. The zero-order valence-corrected chi connectivity index (χ0v) is 22.2. The van der Waals surface area contributed by atoms with Crippen LogP contribution < -0.4 is 5.73 Å². The largest absolute Gasteiger partial charge is 0.383 e. The second kappa shape index (κ2) is 9.55. The van der Waals surface area contributed by atoms with Crippen molar-refractivity contribution in [2.75, 3.05) is 39.0 Å². The average Bonchev–Trinajstić information content (AvgIpc) is 3.33. The number of rotatable bonds is 5. The smallest absolute Gasteiger partial charge is 0.178 e. The molecule has 0 unspecified atom stereocenters. The van der Waals surface area contributed by atoms with Crippen molar-refractivity contribution in [1.29, 1.82) is 0 Å². The molecule has 5 aromatic rings. The number of aromatic nitrogens is 5. The lowest BCUT2D eigenvalue weighted by atomic mass is 9.72. The van der Waals surface area contributed by atoms with Crippen molar-refractivity contribution < 1.29 is 0 Å². The highest BCUT2D eigenvalue weighted by Crippen LogP contribution is 2.41. The van der Waals surface area contributed by atoms with Crippen LogP contribution in [0.4, 0.5) is 5.82 Å². The number of pyridine rings is 3.